The standard InChI is InChI=1S/C23H21F3N4O2/c24-16-1-3-19(4-2-16)27-21-6-5-20(23(29-21)30-7-9-32-10-8-30)28-22(31)13-15-11-17(25)14-18(26)12-15/h1-6,11-12,14H,7-10,13H2,(H,27,29)(H,28,31). The van der Waals surface area contributed by atoms with Crippen molar-refractivity contribution in [2.75, 3.05) is 41.8 Å². The normalized spacial score (nSPS) is 13.7. The highest BCUT2D eigenvalue weighted by Gasteiger charge is 2.19. The van der Waals surface area contributed by atoms with Crippen molar-refractivity contribution in [1.29, 1.82) is 0 Å². The number of carbonyl (C=O) groups excluding carboxylic acids is 1. The van der Waals surface area contributed by atoms with Crippen LogP contribution in [0.2, 0.25) is 0 Å². The van der Waals surface area contributed by atoms with Crippen molar-refractivity contribution in [2.45, 2.75) is 6.42 Å². The first-order valence-electron chi connectivity index (χ1n) is 10.1. The van der Waals surface area contributed by atoms with E-state index in [0.717, 1.165) is 18.2 Å². The van der Waals surface area contributed by atoms with Crippen LogP contribution < -0.4 is 15.5 Å². The highest BCUT2D eigenvalue weighted by Crippen LogP contribution is 2.28. The second-order valence-corrected chi connectivity index (χ2v) is 7.30. The fraction of sp³-hybridized carbons (Fsp3) is 0.217. The Balaban J connectivity index is 1.55. The third-order valence-electron chi connectivity index (χ3n) is 4.86. The molecule has 0 unspecified atom stereocenters. The summed E-state index contributed by atoms with van der Waals surface area (Å²) in [4.78, 5) is 19.2. The van der Waals surface area contributed by atoms with E-state index < -0.39 is 17.5 Å². The van der Waals surface area contributed by atoms with Gasteiger partial charge in [0.05, 0.1) is 25.3 Å². The topological polar surface area (TPSA) is 66.5 Å². The first kappa shape index (κ1) is 21.6. The van der Waals surface area contributed by atoms with Gasteiger partial charge >= 0.3 is 0 Å². The van der Waals surface area contributed by atoms with E-state index >= 15 is 0 Å². The number of hydrogen-bond acceptors (Lipinski definition) is 5. The number of morpholine rings is 1. The van der Waals surface area contributed by atoms with Crippen molar-refractivity contribution in [3.8, 4) is 0 Å². The Morgan fingerprint density at radius 3 is 2.31 bits per heavy atom. The number of hydrogen-bond donors (Lipinski definition) is 2. The van der Waals surface area contributed by atoms with Gasteiger partial charge in [-0.25, -0.2) is 18.2 Å². The predicted octanol–water partition coefficient (Wildman–Crippen LogP) is 4.26. The number of anilines is 4. The minimum Gasteiger partial charge on any atom is -0.378 e. The van der Waals surface area contributed by atoms with E-state index in [1.165, 1.54) is 12.1 Å². The zero-order chi connectivity index (χ0) is 22.5. The number of aromatic nitrogens is 1. The van der Waals surface area contributed by atoms with Crippen molar-refractivity contribution in [1.82, 2.24) is 4.98 Å². The summed E-state index contributed by atoms with van der Waals surface area (Å²) in [6.45, 7) is 2.22. The number of carbonyl (C=O) groups is 1. The maximum atomic E-state index is 13.4. The molecule has 9 heteroatoms. The third kappa shape index (κ3) is 5.55. The van der Waals surface area contributed by atoms with Crippen LogP contribution in [0.3, 0.4) is 0 Å². The summed E-state index contributed by atoms with van der Waals surface area (Å²) < 4.78 is 45.4. The molecule has 6 nitrogen and oxygen atoms in total. The van der Waals surface area contributed by atoms with Crippen molar-refractivity contribution in [2.24, 2.45) is 0 Å². The average molecular weight is 442 g/mol. The molecule has 0 saturated carbocycles. The molecule has 1 aliphatic heterocycles. The molecular formula is C23H21F3N4O2. The molecule has 3 aromatic rings. The van der Waals surface area contributed by atoms with E-state index in [1.54, 1.807) is 24.3 Å². The zero-order valence-electron chi connectivity index (χ0n) is 17.1. The Kier molecular flexibility index (Phi) is 6.55. The number of halogens is 3. The summed E-state index contributed by atoms with van der Waals surface area (Å²) in [6.07, 6.45) is -0.188. The van der Waals surface area contributed by atoms with Gasteiger partial charge in [0.15, 0.2) is 5.82 Å². The van der Waals surface area contributed by atoms with Crippen molar-refractivity contribution < 1.29 is 22.7 Å². The first-order chi connectivity index (χ1) is 15.5. The Hall–Kier alpha value is -3.59. The van der Waals surface area contributed by atoms with Gasteiger partial charge in [-0.2, -0.15) is 0 Å². The minimum atomic E-state index is -0.736. The molecule has 32 heavy (non-hydrogen) atoms. The maximum Gasteiger partial charge on any atom is 0.228 e. The molecule has 1 aromatic heterocycles. The van der Waals surface area contributed by atoms with Gasteiger partial charge in [0.2, 0.25) is 5.91 Å². The second-order valence-electron chi connectivity index (χ2n) is 7.30. The van der Waals surface area contributed by atoms with Gasteiger partial charge in [-0.05, 0) is 54.1 Å². The lowest BCUT2D eigenvalue weighted by Gasteiger charge is -2.29. The molecule has 4 rings (SSSR count). The molecule has 1 saturated heterocycles. The number of benzene rings is 2. The molecule has 1 amide bonds. The summed E-state index contributed by atoms with van der Waals surface area (Å²) in [6, 6.07) is 12.3. The second kappa shape index (κ2) is 9.69. The molecule has 0 radical (unpaired) electrons. The lowest BCUT2D eigenvalue weighted by Crippen LogP contribution is -2.37. The predicted molar refractivity (Wildman–Crippen MR) is 116 cm³/mol. The first-order valence-corrected chi connectivity index (χ1v) is 10.1. The summed E-state index contributed by atoms with van der Waals surface area (Å²) >= 11 is 0. The van der Waals surface area contributed by atoms with Gasteiger partial charge in [0.1, 0.15) is 23.3 Å². The molecule has 1 fully saturated rings. The van der Waals surface area contributed by atoms with Gasteiger partial charge in [-0.3, -0.25) is 4.79 Å². The number of nitrogens with zero attached hydrogens (tertiary/aromatic N) is 2. The van der Waals surface area contributed by atoms with Crippen LogP contribution in [0.4, 0.5) is 36.2 Å². The van der Waals surface area contributed by atoms with Crippen LogP contribution >= 0.6 is 0 Å². The molecule has 0 spiro atoms. The molecule has 2 aromatic carbocycles. The molecule has 2 N–H and O–H groups in total. The van der Waals surface area contributed by atoms with Crippen LogP contribution in [0, 0.1) is 17.5 Å². The summed E-state index contributed by atoms with van der Waals surface area (Å²) in [5, 5.41) is 5.90. The zero-order valence-corrected chi connectivity index (χ0v) is 17.1. The summed E-state index contributed by atoms with van der Waals surface area (Å²) in [5.74, 6) is -1.18. The molecule has 2 heterocycles. The van der Waals surface area contributed by atoms with Crippen LogP contribution in [-0.4, -0.2) is 37.2 Å². The lowest BCUT2D eigenvalue weighted by molar-refractivity contribution is -0.115. The summed E-state index contributed by atoms with van der Waals surface area (Å²) in [7, 11) is 0. The Bertz CT molecular complexity index is 1080. The van der Waals surface area contributed by atoms with Crippen molar-refractivity contribution >= 4 is 28.9 Å². The quantitative estimate of drug-likeness (QED) is 0.597. The van der Waals surface area contributed by atoms with Gasteiger partial charge in [0.25, 0.3) is 0 Å². The monoisotopic (exact) mass is 442 g/mol. The highest BCUT2D eigenvalue weighted by atomic mass is 19.1. The number of amides is 1. The van der Waals surface area contributed by atoms with Crippen LogP contribution in [-0.2, 0) is 16.0 Å². The Morgan fingerprint density at radius 1 is 0.938 bits per heavy atom. The molecule has 0 atom stereocenters. The van der Waals surface area contributed by atoms with Gasteiger partial charge in [0, 0.05) is 24.8 Å². The van der Waals surface area contributed by atoms with E-state index in [4.69, 9.17) is 4.74 Å². The van der Waals surface area contributed by atoms with Gasteiger partial charge < -0.3 is 20.3 Å². The van der Waals surface area contributed by atoms with Crippen LogP contribution in [0.25, 0.3) is 0 Å². The van der Waals surface area contributed by atoms with E-state index in [2.05, 4.69) is 15.6 Å². The highest BCUT2D eigenvalue weighted by molar-refractivity contribution is 5.95. The largest absolute Gasteiger partial charge is 0.378 e. The molecule has 0 bridgehead atoms. The molecule has 1 aliphatic rings. The molecular weight excluding hydrogens is 421 g/mol. The number of ether oxygens (including phenoxy) is 1. The average Bonchev–Trinajstić information content (AvgIpc) is 2.76. The fourth-order valence-electron chi connectivity index (χ4n) is 3.41. The summed E-state index contributed by atoms with van der Waals surface area (Å²) in [5.41, 5.74) is 1.37. The lowest BCUT2D eigenvalue weighted by atomic mass is 10.1. The van der Waals surface area contributed by atoms with E-state index in [-0.39, 0.29) is 17.8 Å². The van der Waals surface area contributed by atoms with Gasteiger partial charge in [-0.15, -0.1) is 0 Å². The third-order valence-corrected chi connectivity index (χ3v) is 4.86. The van der Waals surface area contributed by atoms with Crippen LogP contribution in [0.1, 0.15) is 5.56 Å². The Labute approximate surface area is 183 Å². The Morgan fingerprint density at radius 2 is 1.62 bits per heavy atom. The fourth-order valence-corrected chi connectivity index (χ4v) is 3.41. The maximum absolute atomic E-state index is 13.4. The van der Waals surface area contributed by atoms with Crippen LogP contribution in [0.5, 0.6) is 0 Å². The minimum absolute atomic E-state index is 0.188. The number of rotatable bonds is 6. The van der Waals surface area contributed by atoms with Gasteiger partial charge in [-0.1, -0.05) is 0 Å². The van der Waals surface area contributed by atoms with Crippen molar-refractivity contribution in [3.63, 3.8) is 0 Å². The number of nitrogens with one attached hydrogen (secondary N) is 2. The van der Waals surface area contributed by atoms with E-state index in [9.17, 15) is 18.0 Å². The SMILES string of the molecule is O=C(Cc1cc(F)cc(F)c1)Nc1ccc(Nc2ccc(F)cc2)nc1N1CCOCC1. The van der Waals surface area contributed by atoms with E-state index in [0.29, 0.717) is 49.3 Å². The van der Waals surface area contributed by atoms with Crippen molar-refractivity contribution in [3.05, 3.63) is 77.6 Å². The van der Waals surface area contributed by atoms with E-state index in [1.807, 2.05) is 4.90 Å². The van der Waals surface area contributed by atoms with Crippen LogP contribution in [0.15, 0.2) is 54.6 Å². The molecule has 0 aliphatic carbocycles. The smallest absolute Gasteiger partial charge is 0.228 e. The number of pyridine rings is 1. The molecule has 166 valence electrons.